The molecule has 1 atom stereocenters. The Morgan fingerprint density at radius 1 is 1.16 bits per heavy atom. The van der Waals surface area contributed by atoms with Gasteiger partial charge in [-0.15, -0.1) is 10.2 Å². The Bertz CT molecular complexity index is 877. The molecule has 4 rings (SSSR count). The largest absolute Gasteiger partial charge is 0.371 e. The van der Waals surface area contributed by atoms with Crippen molar-refractivity contribution in [2.75, 3.05) is 13.2 Å². The van der Waals surface area contributed by atoms with Crippen LogP contribution in [0.2, 0.25) is 0 Å². The predicted molar refractivity (Wildman–Crippen MR) is 92.5 cm³/mol. The van der Waals surface area contributed by atoms with E-state index in [0.29, 0.717) is 18.7 Å². The zero-order chi connectivity index (χ0) is 17.1. The van der Waals surface area contributed by atoms with Crippen LogP contribution in [0.1, 0.15) is 27.6 Å². The van der Waals surface area contributed by atoms with Gasteiger partial charge in [-0.25, -0.2) is 0 Å². The molecule has 0 bridgehead atoms. The second kappa shape index (κ2) is 6.86. The summed E-state index contributed by atoms with van der Waals surface area (Å²) >= 11 is 0. The highest BCUT2D eigenvalue weighted by Crippen LogP contribution is 2.26. The van der Waals surface area contributed by atoms with E-state index in [0.717, 1.165) is 17.7 Å². The number of hydrogen-bond donors (Lipinski definition) is 1. The summed E-state index contributed by atoms with van der Waals surface area (Å²) in [5.41, 5.74) is 3.89. The van der Waals surface area contributed by atoms with Crippen molar-refractivity contribution in [3.8, 4) is 5.69 Å². The fraction of sp³-hybridized carbons (Fsp3) is 0.211. The van der Waals surface area contributed by atoms with Gasteiger partial charge in [-0.3, -0.25) is 9.36 Å². The highest BCUT2D eigenvalue weighted by Gasteiger charge is 2.21. The molecule has 1 N–H and O–H groups in total. The number of hydrogen-bond acceptors (Lipinski definition) is 4. The smallest absolute Gasteiger partial charge is 0.251 e. The van der Waals surface area contributed by atoms with Crippen molar-refractivity contribution < 1.29 is 9.53 Å². The first-order valence-corrected chi connectivity index (χ1v) is 8.24. The number of rotatable bonds is 4. The molecule has 0 unspecified atom stereocenters. The van der Waals surface area contributed by atoms with E-state index in [1.54, 1.807) is 23.3 Å². The molecule has 126 valence electrons. The van der Waals surface area contributed by atoms with Gasteiger partial charge in [-0.1, -0.05) is 30.3 Å². The minimum Gasteiger partial charge on any atom is -0.371 e. The van der Waals surface area contributed by atoms with Crippen LogP contribution in [0.25, 0.3) is 5.69 Å². The molecule has 0 saturated carbocycles. The highest BCUT2D eigenvalue weighted by atomic mass is 16.5. The lowest BCUT2D eigenvalue weighted by Crippen LogP contribution is -2.31. The second-order valence-electron chi connectivity index (χ2n) is 5.94. The van der Waals surface area contributed by atoms with E-state index in [1.165, 1.54) is 5.56 Å². The Morgan fingerprint density at radius 3 is 2.88 bits per heavy atom. The monoisotopic (exact) mass is 334 g/mol. The van der Waals surface area contributed by atoms with Gasteiger partial charge in [0.05, 0.1) is 6.61 Å². The summed E-state index contributed by atoms with van der Waals surface area (Å²) in [4.78, 5) is 12.5. The van der Waals surface area contributed by atoms with Crippen LogP contribution in [0.15, 0.2) is 61.2 Å². The first-order valence-electron chi connectivity index (χ1n) is 8.24. The fourth-order valence-electron chi connectivity index (χ4n) is 3.08. The van der Waals surface area contributed by atoms with Crippen LogP contribution < -0.4 is 5.32 Å². The Morgan fingerprint density at radius 2 is 2.00 bits per heavy atom. The molecule has 1 aromatic heterocycles. The Hall–Kier alpha value is -2.99. The molecule has 0 saturated heterocycles. The second-order valence-corrected chi connectivity index (χ2v) is 5.94. The molecule has 0 spiro atoms. The summed E-state index contributed by atoms with van der Waals surface area (Å²) in [6, 6.07) is 15.6. The van der Waals surface area contributed by atoms with Crippen LogP contribution >= 0.6 is 0 Å². The molecule has 2 aromatic carbocycles. The average Bonchev–Trinajstić information content (AvgIpc) is 3.21. The van der Waals surface area contributed by atoms with Crippen LogP contribution in [0.4, 0.5) is 0 Å². The SMILES string of the molecule is O=C(NC[C@H]1OCCc2ccccc21)c1cccc(-n2cnnc2)c1. The average molecular weight is 334 g/mol. The number of aromatic nitrogens is 3. The van der Waals surface area contributed by atoms with Crippen molar-refractivity contribution in [1.82, 2.24) is 20.1 Å². The van der Waals surface area contributed by atoms with Gasteiger partial charge in [0.1, 0.15) is 18.8 Å². The number of ether oxygens (including phenoxy) is 1. The number of carbonyl (C=O) groups excluding carboxylic acids is 1. The lowest BCUT2D eigenvalue weighted by Gasteiger charge is -2.26. The molecule has 25 heavy (non-hydrogen) atoms. The molecule has 1 aliphatic rings. The summed E-state index contributed by atoms with van der Waals surface area (Å²) in [7, 11) is 0. The zero-order valence-corrected chi connectivity index (χ0v) is 13.6. The number of fused-ring (bicyclic) bond motifs is 1. The summed E-state index contributed by atoms with van der Waals surface area (Å²) in [6.07, 6.45) is 4.02. The Kier molecular flexibility index (Phi) is 4.26. The number of carbonyl (C=O) groups is 1. The standard InChI is InChI=1S/C19H18N4O2/c24-19(15-5-3-6-16(10-15)23-12-21-22-13-23)20-11-18-17-7-2-1-4-14(17)8-9-25-18/h1-7,10,12-13,18H,8-9,11H2,(H,20,24)/t18-/m1/s1. The van der Waals surface area contributed by atoms with Gasteiger partial charge in [0.2, 0.25) is 0 Å². The number of benzene rings is 2. The minimum atomic E-state index is -0.124. The van der Waals surface area contributed by atoms with Crippen molar-refractivity contribution >= 4 is 5.91 Å². The maximum absolute atomic E-state index is 12.5. The topological polar surface area (TPSA) is 69.0 Å². The van der Waals surface area contributed by atoms with Crippen LogP contribution in [-0.2, 0) is 11.2 Å². The highest BCUT2D eigenvalue weighted by molar-refractivity contribution is 5.94. The minimum absolute atomic E-state index is 0.102. The maximum Gasteiger partial charge on any atom is 0.251 e. The number of amides is 1. The van der Waals surface area contributed by atoms with Gasteiger partial charge in [-0.2, -0.15) is 0 Å². The Balaban J connectivity index is 1.46. The van der Waals surface area contributed by atoms with Crippen LogP contribution in [0.5, 0.6) is 0 Å². The van der Waals surface area contributed by atoms with E-state index in [4.69, 9.17) is 4.74 Å². The van der Waals surface area contributed by atoms with Gasteiger partial charge in [0.25, 0.3) is 5.91 Å². The normalized spacial score (nSPS) is 16.2. The van der Waals surface area contributed by atoms with E-state index in [2.05, 4.69) is 27.6 Å². The van der Waals surface area contributed by atoms with Gasteiger partial charge in [0.15, 0.2) is 0 Å². The molecule has 1 aliphatic heterocycles. The number of nitrogens with one attached hydrogen (secondary N) is 1. The third-order valence-corrected chi connectivity index (χ3v) is 4.37. The molecular weight excluding hydrogens is 316 g/mol. The van der Waals surface area contributed by atoms with Gasteiger partial charge < -0.3 is 10.1 Å². The first-order chi connectivity index (χ1) is 12.3. The van der Waals surface area contributed by atoms with Crippen molar-refractivity contribution in [3.63, 3.8) is 0 Å². The lowest BCUT2D eigenvalue weighted by molar-refractivity contribution is 0.0411. The summed E-state index contributed by atoms with van der Waals surface area (Å²) in [5, 5.41) is 10.6. The van der Waals surface area contributed by atoms with E-state index in [9.17, 15) is 4.79 Å². The molecule has 3 aromatic rings. The van der Waals surface area contributed by atoms with Gasteiger partial charge in [-0.05, 0) is 35.7 Å². The third kappa shape index (κ3) is 3.29. The molecule has 6 heteroatoms. The van der Waals surface area contributed by atoms with Gasteiger partial charge in [0, 0.05) is 17.8 Å². The lowest BCUT2D eigenvalue weighted by atomic mass is 9.97. The third-order valence-electron chi connectivity index (χ3n) is 4.37. The fourth-order valence-corrected chi connectivity index (χ4v) is 3.08. The van der Waals surface area contributed by atoms with Crippen molar-refractivity contribution in [2.24, 2.45) is 0 Å². The van der Waals surface area contributed by atoms with E-state index in [-0.39, 0.29) is 12.0 Å². The van der Waals surface area contributed by atoms with Crippen molar-refractivity contribution in [1.29, 1.82) is 0 Å². The van der Waals surface area contributed by atoms with Crippen molar-refractivity contribution in [3.05, 3.63) is 77.9 Å². The molecule has 0 radical (unpaired) electrons. The van der Waals surface area contributed by atoms with E-state index >= 15 is 0 Å². The van der Waals surface area contributed by atoms with Crippen LogP contribution in [0, 0.1) is 0 Å². The van der Waals surface area contributed by atoms with Crippen LogP contribution in [0.3, 0.4) is 0 Å². The predicted octanol–water partition coefficient (Wildman–Crippen LogP) is 2.31. The molecular formula is C19H18N4O2. The molecule has 1 amide bonds. The van der Waals surface area contributed by atoms with E-state index in [1.807, 2.05) is 30.3 Å². The van der Waals surface area contributed by atoms with Crippen LogP contribution in [-0.4, -0.2) is 33.8 Å². The zero-order valence-electron chi connectivity index (χ0n) is 13.6. The molecule has 0 aliphatic carbocycles. The van der Waals surface area contributed by atoms with Crippen molar-refractivity contribution in [2.45, 2.75) is 12.5 Å². The quantitative estimate of drug-likeness (QED) is 0.795. The molecule has 0 fully saturated rings. The molecule has 2 heterocycles. The Labute approximate surface area is 145 Å². The maximum atomic E-state index is 12.5. The summed E-state index contributed by atoms with van der Waals surface area (Å²) < 4.78 is 7.60. The number of nitrogens with zero attached hydrogens (tertiary/aromatic N) is 3. The van der Waals surface area contributed by atoms with E-state index < -0.39 is 0 Å². The summed E-state index contributed by atoms with van der Waals surface area (Å²) in [6.45, 7) is 1.13. The van der Waals surface area contributed by atoms with Gasteiger partial charge >= 0.3 is 0 Å². The summed E-state index contributed by atoms with van der Waals surface area (Å²) in [5.74, 6) is -0.124. The first kappa shape index (κ1) is 15.5. The molecule has 6 nitrogen and oxygen atoms in total.